The van der Waals surface area contributed by atoms with Gasteiger partial charge in [0.2, 0.25) is 0 Å². The van der Waals surface area contributed by atoms with Crippen molar-refractivity contribution in [1.29, 1.82) is 0 Å². The molecule has 8 nitrogen and oxygen atoms in total. The molecule has 0 radical (unpaired) electrons. The Morgan fingerprint density at radius 3 is 2.48 bits per heavy atom. The first-order valence-electron chi connectivity index (χ1n) is 8.92. The number of benzene rings is 3. The number of amides is 1. The zero-order chi connectivity index (χ0) is 20.2. The van der Waals surface area contributed by atoms with Gasteiger partial charge in [0.1, 0.15) is 5.52 Å². The van der Waals surface area contributed by atoms with E-state index in [9.17, 15) is 4.79 Å². The number of rotatable bonds is 6. The summed E-state index contributed by atoms with van der Waals surface area (Å²) >= 11 is 0. The van der Waals surface area contributed by atoms with E-state index in [0.717, 1.165) is 5.56 Å². The van der Waals surface area contributed by atoms with Gasteiger partial charge in [0, 0.05) is 6.54 Å². The van der Waals surface area contributed by atoms with Crippen molar-refractivity contribution in [1.82, 2.24) is 15.6 Å². The van der Waals surface area contributed by atoms with Crippen LogP contribution < -0.4 is 16.1 Å². The lowest BCUT2D eigenvalue weighted by atomic mass is 9.80. The van der Waals surface area contributed by atoms with Crippen molar-refractivity contribution >= 4 is 40.9 Å². The lowest BCUT2D eigenvalue weighted by molar-refractivity contribution is 0.0951. The summed E-state index contributed by atoms with van der Waals surface area (Å²) in [5.74, 6) is -0.246. The summed E-state index contributed by atoms with van der Waals surface area (Å²) in [7, 11) is -1.51. The molecule has 1 heterocycles. The number of carbonyl (C=O) groups excluding carboxylic acids is 1. The van der Waals surface area contributed by atoms with E-state index in [4.69, 9.17) is 14.7 Å². The summed E-state index contributed by atoms with van der Waals surface area (Å²) in [5, 5.41) is 32.1. The van der Waals surface area contributed by atoms with E-state index in [-0.39, 0.29) is 5.91 Å². The second kappa shape index (κ2) is 8.13. The largest absolute Gasteiger partial charge is 0.488 e. The molecule has 0 fully saturated rings. The number of anilines is 2. The SMILES string of the molecule is O=C(NCc1ccc(B(O)O)cc1)c1ccccc1Nc1cccc2nonc12. The number of hydrogen-bond donors (Lipinski definition) is 4. The topological polar surface area (TPSA) is 121 Å². The molecule has 29 heavy (non-hydrogen) atoms. The maximum atomic E-state index is 12.7. The second-order valence-corrected chi connectivity index (χ2v) is 6.41. The molecular formula is C20H17BN4O4. The highest BCUT2D eigenvalue weighted by molar-refractivity contribution is 6.58. The maximum Gasteiger partial charge on any atom is 0.488 e. The number of hydrogen-bond acceptors (Lipinski definition) is 7. The maximum absolute atomic E-state index is 12.7. The fourth-order valence-corrected chi connectivity index (χ4v) is 2.93. The highest BCUT2D eigenvalue weighted by atomic mass is 16.6. The molecular weight excluding hydrogens is 371 g/mol. The molecule has 0 bridgehead atoms. The zero-order valence-corrected chi connectivity index (χ0v) is 15.2. The Balaban J connectivity index is 1.50. The quantitative estimate of drug-likeness (QED) is 0.370. The van der Waals surface area contributed by atoms with E-state index in [2.05, 4.69) is 20.9 Å². The Labute approximate surface area is 166 Å². The summed E-state index contributed by atoms with van der Waals surface area (Å²) in [6, 6.07) is 19.3. The van der Waals surface area contributed by atoms with Gasteiger partial charge in [0.05, 0.1) is 16.9 Å². The molecule has 1 aromatic heterocycles. The number of nitrogens with zero attached hydrogens (tertiary/aromatic N) is 2. The third-order valence-corrected chi connectivity index (χ3v) is 4.46. The fourth-order valence-electron chi connectivity index (χ4n) is 2.93. The van der Waals surface area contributed by atoms with Gasteiger partial charge in [0.15, 0.2) is 5.52 Å². The lowest BCUT2D eigenvalue weighted by Gasteiger charge is -2.12. The molecule has 0 saturated carbocycles. The number of para-hydroxylation sites is 1. The number of carbonyl (C=O) groups is 1. The first-order chi connectivity index (χ1) is 14.1. The van der Waals surface area contributed by atoms with Crippen molar-refractivity contribution in [2.75, 3.05) is 5.32 Å². The molecule has 1 amide bonds. The molecule has 0 saturated heterocycles. The summed E-state index contributed by atoms with van der Waals surface area (Å²) in [6.45, 7) is 0.303. The molecule has 0 spiro atoms. The van der Waals surface area contributed by atoms with Crippen LogP contribution >= 0.6 is 0 Å². The Kier molecular flexibility index (Phi) is 5.23. The first-order valence-corrected chi connectivity index (χ1v) is 8.92. The van der Waals surface area contributed by atoms with Gasteiger partial charge in [-0.1, -0.05) is 42.5 Å². The predicted octanol–water partition coefficient (Wildman–Crippen LogP) is 1.58. The molecule has 0 aliphatic heterocycles. The monoisotopic (exact) mass is 388 g/mol. The highest BCUT2D eigenvalue weighted by Crippen LogP contribution is 2.26. The normalized spacial score (nSPS) is 10.7. The van der Waals surface area contributed by atoms with Crippen molar-refractivity contribution in [3.05, 3.63) is 77.9 Å². The van der Waals surface area contributed by atoms with Gasteiger partial charge < -0.3 is 20.7 Å². The van der Waals surface area contributed by atoms with Crippen molar-refractivity contribution in [3.63, 3.8) is 0 Å². The van der Waals surface area contributed by atoms with Crippen molar-refractivity contribution in [3.8, 4) is 0 Å². The molecule has 0 unspecified atom stereocenters. The van der Waals surface area contributed by atoms with Gasteiger partial charge in [-0.3, -0.25) is 4.79 Å². The molecule has 9 heteroatoms. The Bertz CT molecular complexity index is 1140. The summed E-state index contributed by atoms with van der Waals surface area (Å²) in [6.07, 6.45) is 0. The van der Waals surface area contributed by atoms with Crippen LogP contribution in [-0.4, -0.2) is 33.4 Å². The van der Waals surface area contributed by atoms with Crippen LogP contribution in [0.25, 0.3) is 11.0 Å². The van der Waals surface area contributed by atoms with E-state index < -0.39 is 7.12 Å². The van der Waals surface area contributed by atoms with Gasteiger partial charge in [0.25, 0.3) is 5.91 Å². The standard InChI is InChI=1S/C20H17BN4O4/c26-20(22-12-13-8-10-14(11-9-13)21(27)28)15-4-1-2-5-16(15)23-17-6-3-7-18-19(17)25-29-24-18/h1-11,23,27-28H,12H2,(H,22,26). The van der Waals surface area contributed by atoms with Crippen LogP contribution in [0, 0.1) is 0 Å². The molecule has 4 N–H and O–H groups in total. The fraction of sp³-hybridized carbons (Fsp3) is 0.0500. The van der Waals surface area contributed by atoms with Gasteiger partial charge in [-0.25, -0.2) is 4.63 Å². The molecule has 0 atom stereocenters. The molecule has 4 aromatic rings. The van der Waals surface area contributed by atoms with Crippen LogP contribution in [-0.2, 0) is 6.54 Å². The lowest BCUT2D eigenvalue weighted by Crippen LogP contribution is -2.30. The smallest absolute Gasteiger partial charge is 0.423 e. The minimum atomic E-state index is -1.51. The number of fused-ring (bicyclic) bond motifs is 1. The van der Waals surface area contributed by atoms with E-state index in [1.165, 1.54) is 0 Å². The third kappa shape index (κ3) is 4.10. The van der Waals surface area contributed by atoms with Gasteiger partial charge in [-0.15, -0.1) is 0 Å². The van der Waals surface area contributed by atoms with Gasteiger partial charge >= 0.3 is 7.12 Å². The summed E-state index contributed by atoms with van der Waals surface area (Å²) in [4.78, 5) is 12.7. The van der Waals surface area contributed by atoms with Crippen LogP contribution in [0.1, 0.15) is 15.9 Å². The van der Waals surface area contributed by atoms with E-state index in [0.29, 0.717) is 40.0 Å². The average Bonchev–Trinajstić information content (AvgIpc) is 3.23. The van der Waals surface area contributed by atoms with E-state index >= 15 is 0 Å². The van der Waals surface area contributed by atoms with E-state index in [1.807, 2.05) is 18.2 Å². The van der Waals surface area contributed by atoms with Crippen LogP contribution in [0.4, 0.5) is 11.4 Å². The Morgan fingerprint density at radius 2 is 1.69 bits per heavy atom. The first kappa shape index (κ1) is 18.7. The molecule has 0 aliphatic carbocycles. The number of aromatic nitrogens is 2. The zero-order valence-electron chi connectivity index (χ0n) is 15.2. The minimum Gasteiger partial charge on any atom is -0.423 e. The minimum absolute atomic E-state index is 0.246. The van der Waals surface area contributed by atoms with Crippen LogP contribution in [0.5, 0.6) is 0 Å². The molecule has 4 rings (SSSR count). The van der Waals surface area contributed by atoms with Crippen molar-refractivity contribution in [2.24, 2.45) is 0 Å². The van der Waals surface area contributed by atoms with Crippen LogP contribution in [0.15, 0.2) is 71.4 Å². The number of nitrogens with one attached hydrogen (secondary N) is 2. The molecule has 3 aromatic carbocycles. The Hall–Kier alpha value is -3.69. The van der Waals surface area contributed by atoms with E-state index in [1.54, 1.807) is 48.5 Å². The Morgan fingerprint density at radius 1 is 0.931 bits per heavy atom. The third-order valence-electron chi connectivity index (χ3n) is 4.46. The van der Waals surface area contributed by atoms with Gasteiger partial charge in [-0.2, -0.15) is 0 Å². The van der Waals surface area contributed by atoms with Gasteiger partial charge in [-0.05, 0) is 45.6 Å². The molecule has 0 aliphatic rings. The molecule has 144 valence electrons. The predicted molar refractivity (Wildman–Crippen MR) is 109 cm³/mol. The summed E-state index contributed by atoms with van der Waals surface area (Å²) in [5.41, 5.74) is 4.21. The highest BCUT2D eigenvalue weighted by Gasteiger charge is 2.14. The van der Waals surface area contributed by atoms with Crippen molar-refractivity contribution < 1.29 is 19.5 Å². The second-order valence-electron chi connectivity index (χ2n) is 6.41. The average molecular weight is 388 g/mol. The van der Waals surface area contributed by atoms with Crippen LogP contribution in [0.3, 0.4) is 0 Å². The van der Waals surface area contributed by atoms with Crippen LogP contribution in [0.2, 0.25) is 0 Å². The van der Waals surface area contributed by atoms with Crippen molar-refractivity contribution in [2.45, 2.75) is 6.54 Å². The summed E-state index contributed by atoms with van der Waals surface area (Å²) < 4.78 is 4.78.